The van der Waals surface area contributed by atoms with E-state index in [4.69, 9.17) is 9.72 Å². The number of imidazole rings is 1. The molecule has 1 atom stereocenters. The largest absolute Gasteiger partial charge is 0.491 e. The summed E-state index contributed by atoms with van der Waals surface area (Å²) in [4.78, 5) is 19.9. The molecule has 1 aromatic heterocycles. The Morgan fingerprint density at radius 2 is 1.74 bits per heavy atom. The molecule has 1 fully saturated rings. The molecule has 1 amide bonds. The second-order valence-corrected chi connectivity index (χ2v) is 9.58. The Kier molecular flexibility index (Phi) is 6.58. The van der Waals surface area contributed by atoms with Gasteiger partial charge in [-0.2, -0.15) is 0 Å². The van der Waals surface area contributed by atoms with E-state index >= 15 is 0 Å². The number of benzene rings is 3. The monoisotopic (exact) mass is 467 g/mol. The second-order valence-electron chi connectivity index (χ2n) is 9.58. The van der Waals surface area contributed by atoms with Gasteiger partial charge in [-0.15, -0.1) is 0 Å². The van der Waals surface area contributed by atoms with E-state index in [9.17, 15) is 4.79 Å². The molecular weight excluding hydrogens is 434 g/mol. The summed E-state index contributed by atoms with van der Waals surface area (Å²) in [5.74, 6) is 2.50. The predicted octanol–water partition coefficient (Wildman–Crippen LogP) is 6.32. The van der Waals surface area contributed by atoms with Crippen molar-refractivity contribution in [2.45, 2.75) is 52.0 Å². The summed E-state index contributed by atoms with van der Waals surface area (Å²) in [5.41, 5.74) is 5.50. The summed E-state index contributed by atoms with van der Waals surface area (Å²) in [5, 5.41) is 0. The third kappa shape index (κ3) is 4.68. The lowest BCUT2D eigenvalue weighted by Gasteiger charge is -2.18. The number of fused-ring (bicyclic) bond motifs is 1. The van der Waals surface area contributed by atoms with Crippen LogP contribution in [0, 0.1) is 0 Å². The highest BCUT2D eigenvalue weighted by molar-refractivity contribution is 5.96. The third-order valence-corrected chi connectivity index (χ3v) is 6.94. The Labute approximate surface area is 207 Å². The molecule has 0 aliphatic carbocycles. The van der Waals surface area contributed by atoms with Crippen LogP contribution in [0.25, 0.3) is 11.0 Å². The molecule has 0 bridgehead atoms. The molecule has 5 heteroatoms. The zero-order valence-electron chi connectivity index (χ0n) is 20.8. The van der Waals surface area contributed by atoms with Crippen LogP contribution in [0.5, 0.6) is 5.75 Å². The van der Waals surface area contributed by atoms with E-state index in [1.807, 2.05) is 35.2 Å². The second kappa shape index (κ2) is 9.95. The molecule has 1 aliphatic heterocycles. The molecule has 0 spiro atoms. The van der Waals surface area contributed by atoms with Gasteiger partial charge in [-0.1, -0.05) is 63.2 Å². The molecule has 1 saturated heterocycles. The first-order valence-electron chi connectivity index (χ1n) is 12.6. The summed E-state index contributed by atoms with van der Waals surface area (Å²) in [6.45, 7) is 8.37. The van der Waals surface area contributed by atoms with Crippen molar-refractivity contribution < 1.29 is 9.53 Å². The van der Waals surface area contributed by atoms with Crippen LogP contribution in [0.4, 0.5) is 5.69 Å². The smallest absolute Gasteiger partial charge is 0.227 e. The summed E-state index contributed by atoms with van der Waals surface area (Å²) in [7, 11) is 0. The van der Waals surface area contributed by atoms with Gasteiger partial charge >= 0.3 is 0 Å². The van der Waals surface area contributed by atoms with Crippen LogP contribution in [-0.2, 0) is 17.8 Å². The van der Waals surface area contributed by atoms with Crippen LogP contribution in [0.2, 0.25) is 0 Å². The number of hydrogen-bond acceptors (Lipinski definition) is 3. The van der Waals surface area contributed by atoms with Gasteiger partial charge in [0.25, 0.3) is 0 Å². The maximum Gasteiger partial charge on any atom is 0.227 e. The number of nitrogens with zero attached hydrogens (tertiary/aromatic N) is 3. The number of aromatic nitrogens is 2. The maximum absolute atomic E-state index is 13.0. The zero-order valence-corrected chi connectivity index (χ0v) is 20.8. The fraction of sp³-hybridized carbons (Fsp3) is 0.333. The van der Waals surface area contributed by atoms with Crippen molar-refractivity contribution in [3.63, 3.8) is 0 Å². The van der Waals surface area contributed by atoms with Gasteiger partial charge in [0.1, 0.15) is 18.2 Å². The van der Waals surface area contributed by atoms with Crippen molar-refractivity contribution in [1.29, 1.82) is 0 Å². The van der Waals surface area contributed by atoms with Crippen LogP contribution in [0.3, 0.4) is 0 Å². The number of amides is 1. The minimum atomic E-state index is 0.0451. The number of rotatable bonds is 8. The van der Waals surface area contributed by atoms with Crippen LogP contribution in [-0.4, -0.2) is 28.6 Å². The van der Waals surface area contributed by atoms with E-state index in [-0.39, 0.29) is 11.8 Å². The van der Waals surface area contributed by atoms with Crippen LogP contribution in [0.15, 0.2) is 72.8 Å². The highest BCUT2D eigenvalue weighted by Gasteiger charge is 2.34. The van der Waals surface area contributed by atoms with Gasteiger partial charge in [0, 0.05) is 24.6 Å². The van der Waals surface area contributed by atoms with Crippen molar-refractivity contribution in [3.8, 4) is 5.75 Å². The number of carbonyl (C=O) groups excluding carboxylic acids is 1. The SMILES string of the molecule is CCc1ccc(N2CC(c3nc4ccccc4n3CCOc3ccccc3C(C)C)CC2=O)cc1. The molecule has 3 aromatic carbocycles. The molecular formula is C30H33N3O2. The lowest BCUT2D eigenvalue weighted by Crippen LogP contribution is -2.24. The van der Waals surface area contributed by atoms with E-state index in [0.717, 1.165) is 34.7 Å². The van der Waals surface area contributed by atoms with Crippen LogP contribution >= 0.6 is 0 Å². The number of para-hydroxylation sites is 3. The molecule has 1 unspecified atom stereocenters. The van der Waals surface area contributed by atoms with E-state index in [2.05, 4.69) is 67.8 Å². The lowest BCUT2D eigenvalue weighted by atomic mass is 10.0. The van der Waals surface area contributed by atoms with Crippen LogP contribution in [0.1, 0.15) is 56.0 Å². The molecule has 35 heavy (non-hydrogen) atoms. The summed E-state index contributed by atoms with van der Waals surface area (Å²) >= 11 is 0. The van der Waals surface area contributed by atoms with Crippen molar-refractivity contribution >= 4 is 22.6 Å². The molecule has 4 aromatic rings. The Bertz CT molecular complexity index is 1320. The summed E-state index contributed by atoms with van der Waals surface area (Å²) < 4.78 is 8.49. The molecule has 1 aliphatic rings. The van der Waals surface area contributed by atoms with Gasteiger partial charge in [-0.05, 0) is 53.8 Å². The first kappa shape index (κ1) is 23.2. The standard InChI is InChI=1S/C30H33N3O2/c1-4-22-13-15-24(16-14-22)33-20-23(19-29(33)34)30-31-26-10-6-7-11-27(26)32(30)17-18-35-28-12-8-5-9-25(28)21(2)3/h5-16,21,23H,4,17-20H2,1-3H3. The van der Waals surface area contributed by atoms with E-state index in [1.54, 1.807) is 0 Å². The van der Waals surface area contributed by atoms with Gasteiger partial charge in [0.05, 0.1) is 17.6 Å². The van der Waals surface area contributed by atoms with Crippen molar-refractivity contribution in [2.24, 2.45) is 0 Å². The number of hydrogen-bond donors (Lipinski definition) is 0. The molecule has 5 nitrogen and oxygen atoms in total. The van der Waals surface area contributed by atoms with Crippen LogP contribution < -0.4 is 9.64 Å². The number of anilines is 1. The predicted molar refractivity (Wildman–Crippen MR) is 141 cm³/mol. The molecule has 5 rings (SSSR count). The summed E-state index contributed by atoms with van der Waals surface area (Å²) in [6, 6.07) is 24.8. The van der Waals surface area contributed by atoms with Crippen molar-refractivity contribution in [2.75, 3.05) is 18.1 Å². The summed E-state index contributed by atoms with van der Waals surface area (Å²) in [6.07, 6.45) is 1.46. The minimum absolute atomic E-state index is 0.0451. The quantitative estimate of drug-likeness (QED) is 0.305. The molecule has 0 N–H and O–H groups in total. The average molecular weight is 468 g/mol. The highest BCUT2D eigenvalue weighted by Crippen LogP contribution is 2.33. The number of aryl methyl sites for hydroxylation is 1. The van der Waals surface area contributed by atoms with Gasteiger partial charge in [-0.25, -0.2) is 4.98 Å². The van der Waals surface area contributed by atoms with Gasteiger partial charge in [-0.3, -0.25) is 4.79 Å². The topological polar surface area (TPSA) is 47.4 Å². The molecule has 180 valence electrons. The normalized spacial score (nSPS) is 15.9. The lowest BCUT2D eigenvalue weighted by molar-refractivity contribution is -0.117. The zero-order chi connectivity index (χ0) is 24.4. The van der Waals surface area contributed by atoms with E-state index in [0.29, 0.717) is 32.0 Å². The van der Waals surface area contributed by atoms with Crippen molar-refractivity contribution in [3.05, 3.63) is 89.7 Å². The van der Waals surface area contributed by atoms with Gasteiger partial charge < -0.3 is 14.2 Å². The van der Waals surface area contributed by atoms with Gasteiger partial charge in [0.15, 0.2) is 0 Å². The molecule has 2 heterocycles. The first-order chi connectivity index (χ1) is 17.0. The fourth-order valence-electron chi connectivity index (χ4n) is 5.02. The average Bonchev–Trinajstić information content (AvgIpc) is 3.45. The number of ether oxygens (including phenoxy) is 1. The van der Waals surface area contributed by atoms with E-state index < -0.39 is 0 Å². The fourth-order valence-corrected chi connectivity index (χ4v) is 5.02. The Hall–Kier alpha value is -3.60. The molecule has 0 saturated carbocycles. The Morgan fingerprint density at radius 3 is 2.51 bits per heavy atom. The third-order valence-electron chi connectivity index (χ3n) is 6.94. The molecule has 0 radical (unpaired) electrons. The highest BCUT2D eigenvalue weighted by atomic mass is 16.5. The Balaban J connectivity index is 1.39. The minimum Gasteiger partial charge on any atom is -0.491 e. The Morgan fingerprint density at radius 1 is 1.00 bits per heavy atom. The van der Waals surface area contributed by atoms with Crippen molar-refractivity contribution in [1.82, 2.24) is 9.55 Å². The first-order valence-corrected chi connectivity index (χ1v) is 12.6. The number of carbonyl (C=O) groups is 1. The van der Waals surface area contributed by atoms with Gasteiger partial charge in [0.2, 0.25) is 5.91 Å². The maximum atomic E-state index is 13.0. The van der Waals surface area contributed by atoms with E-state index in [1.165, 1.54) is 11.1 Å².